The monoisotopic (exact) mass is 445 g/mol. The molecule has 5 rings (SSSR count). The van der Waals surface area contributed by atoms with E-state index < -0.39 is 18.6 Å². The maximum absolute atomic E-state index is 12.9. The van der Waals surface area contributed by atoms with Gasteiger partial charge in [-0.25, -0.2) is 4.79 Å². The fourth-order valence-corrected chi connectivity index (χ4v) is 4.44. The van der Waals surface area contributed by atoms with Crippen LogP contribution in [0.3, 0.4) is 0 Å². The zero-order valence-corrected chi connectivity index (χ0v) is 17.9. The van der Waals surface area contributed by atoms with E-state index in [4.69, 9.17) is 14.2 Å². The van der Waals surface area contributed by atoms with Crippen molar-refractivity contribution in [2.24, 2.45) is 0 Å². The quantitative estimate of drug-likeness (QED) is 0.609. The Bertz CT molecular complexity index is 1160. The van der Waals surface area contributed by atoms with E-state index in [0.717, 1.165) is 27.8 Å². The molecule has 1 N–H and O–H groups in total. The van der Waals surface area contributed by atoms with Crippen molar-refractivity contribution in [1.82, 2.24) is 4.90 Å². The molecule has 3 aromatic rings. The maximum atomic E-state index is 12.9. The molecule has 2 aliphatic rings. The van der Waals surface area contributed by atoms with Gasteiger partial charge in [0.05, 0.1) is 0 Å². The number of carbonyl (C=O) groups is 2. The van der Waals surface area contributed by atoms with Crippen LogP contribution in [0, 0.1) is 0 Å². The summed E-state index contributed by atoms with van der Waals surface area (Å²) in [6, 6.07) is 21.5. The Hall–Kier alpha value is -4.00. The van der Waals surface area contributed by atoms with Crippen molar-refractivity contribution in [3.05, 3.63) is 83.4 Å². The number of hydrogen-bond donors (Lipinski definition) is 1. The van der Waals surface area contributed by atoms with Crippen molar-refractivity contribution < 1.29 is 28.9 Å². The zero-order valence-electron chi connectivity index (χ0n) is 17.9. The Kier molecular flexibility index (Phi) is 5.60. The predicted octanol–water partition coefficient (Wildman–Crippen LogP) is 4.29. The number of nitrogens with zero attached hydrogens (tertiary/aromatic N) is 1. The number of rotatable bonds is 6. The normalized spacial score (nSPS) is 13.7. The minimum atomic E-state index is -1.11. The SMILES string of the molecule is O=C(O)CN(Cc1ccc2c(c1)OCCO2)C(=O)OCC1c2ccccc2-c2ccccc21. The van der Waals surface area contributed by atoms with Crippen LogP contribution in [0.5, 0.6) is 11.5 Å². The summed E-state index contributed by atoms with van der Waals surface area (Å²) in [5.41, 5.74) is 5.20. The first-order valence-electron chi connectivity index (χ1n) is 10.8. The number of carbonyl (C=O) groups excluding carboxylic acids is 1. The third-order valence-corrected chi connectivity index (χ3v) is 5.90. The van der Waals surface area contributed by atoms with Crippen molar-refractivity contribution in [3.8, 4) is 22.6 Å². The lowest BCUT2D eigenvalue weighted by molar-refractivity contribution is -0.138. The molecule has 7 nitrogen and oxygen atoms in total. The highest BCUT2D eigenvalue weighted by Gasteiger charge is 2.30. The van der Waals surface area contributed by atoms with Crippen molar-refractivity contribution in [1.29, 1.82) is 0 Å². The van der Waals surface area contributed by atoms with Gasteiger partial charge in [-0.2, -0.15) is 0 Å². The number of carboxylic acids is 1. The average molecular weight is 445 g/mol. The molecule has 3 aromatic carbocycles. The Morgan fingerprint density at radius 1 is 0.909 bits per heavy atom. The standard InChI is InChI=1S/C26H23NO6/c28-25(29)15-27(14-17-9-10-23-24(13-17)32-12-11-31-23)26(30)33-16-22-20-7-3-1-5-18(20)19-6-2-4-8-21(19)22/h1-10,13,22H,11-12,14-16H2,(H,28,29). The molecule has 1 aliphatic heterocycles. The molecule has 0 spiro atoms. The molecule has 0 unspecified atom stereocenters. The number of carboxylic acid groups (broad SMARTS) is 1. The lowest BCUT2D eigenvalue weighted by atomic mass is 9.98. The van der Waals surface area contributed by atoms with Gasteiger partial charge in [0.1, 0.15) is 26.4 Å². The van der Waals surface area contributed by atoms with Crippen LogP contribution in [-0.4, -0.2) is 48.4 Å². The molecule has 1 aliphatic carbocycles. The number of aliphatic carboxylic acids is 1. The van der Waals surface area contributed by atoms with Gasteiger partial charge in [0.15, 0.2) is 11.5 Å². The molecule has 0 saturated heterocycles. The number of fused-ring (bicyclic) bond motifs is 4. The molecule has 0 radical (unpaired) electrons. The number of benzene rings is 3. The summed E-state index contributed by atoms with van der Waals surface area (Å²) >= 11 is 0. The highest BCUT2D eigenvalue weighted by Crippen LogP contribution is 2.44. The van der Waals surface area contributed by atoms with Crippen LogP contribution in [-0.2, 0) is 16.1 Å². The first-order valence-corrected chi connectivity index (χ1v) is 10.8. The number of hydrogen-bond acceptors (Lipinski definition) is 5. The van der Waals surface area contributed by atoms with E-state index >= 15 is 0 Å². The summed E-state index contributed by atoms with van der Waals surface area (Å²) in [5.74, 6) is 0.0147. The van der Waals surface area contributed by atoms with Crippen LogP contribution in [0.15, 0.2) is 66.7 Å². The number of ether oxygens (including phenoxy) is 3. The molecule has 1 amide bonds. The van der Waals surface area contributed by atoms with Gasteiger partial charge in [0, 0.05) is 12.5 Å². The van der Waals surface area contributed by atoms with E-state index in [-0.39, 0.29) is 19.1 Å². The molecule has 1 heterocycles. The van der Waals surface area contributed by atoms with Crippen LogP contribution in [0.25, 0.3) is 11.1 Å². The molecule has 0 aromatic heterocycles. The van der Waals surface area contributed by atoms with Gasteiger partial charge in [0.2, 0.25) is 0 Å². The molecular weight excluding hydrogens is 422 g/mol. The third kappa shape index (κ3) is 4.22. The summed E-state index contributed by atoms with van der Waals surface area (Å²) in [5, 5.41) is 9.35. The fourth-order valence-electron chi connectivity index (χ4n) is 4.44. The van der Waals surface area contributed by atoms with E-state index in [1.165, 1.54) is 4.90 Å². The van der Waals surface area contributed by atoms with E-state index in [0.29, 0.717) is 24.7 Å². The van der Waals surface area contributed by atoms with Gasteiger partial charge in [-0.3, -0.25) is 9.69 Å². The van der Waals surface area contributed by atoms with E-state index in [9.17, 15) is 14.7 Å². The smallest absolute Gasteiger partial charge is 0.410 e. The topological polar surface area (TPSA) is 85.3 Å². The Labute approximate surface area is 191 Å². The molecule has 0 atom stereocenters. The molecule has 168 valence electrons. The Balaban J connectivity index is 1.32. The summed E-state index contributed by atoms with van der Waals surface area (Å²) < 4.78 is 16.8. The second kappa shape index (κ2) is 8.86. The van der Waals surface area contributed by atoms with Crippen LogP contribution >= 0.6 is 0 Å². The lowest BCUT2D eigenvalue weighted by Gasteiger charge is -2.23. The van der Waals surface area contributed by atoms with Crippen molar-refractivity contribution in [3.63, 3.8) is 0 Å². The average Bonchev–Trinajstić information content (AvgIpc) is 3.15. The lowest BCUT2D eigenvalue weighted by Crippen LogP contribution is -2.36. The summed E-state index contributed by atoms with van der Waals surface area (Å²) in [6.45, 7) is 0.674. The summed E-state index contributed by atoms with van der Waals surface area (Å²) in [7, 11) is 0. The van der Waals surface area contributed by atoms with Crippen molar-refractivity contribution in [2.75, 3.05) is 26.4 Å². The van der Waals surface area contributed by atoms with E-state index in [1.807, 2.05) is 36.4 Å². The first-order chi connectivity index (χ1) is 16.1. The minimum Gasteiger partial charge on any atom is -0.486 e. The predicted molar refractivity (Wildman–Crippen MR) is 121 cm³/mol. The largest absolute Gasteiger partial charge is 0.486 e. The van der Waals surface area contributed by atoms with Gasteiger partial charge in [-0.15, -0.1) is 0 Å². The Morgan fingerprint density at radius 2 is 1.55 bits per heavy atom. The van der Waals surface area contributed by atoms with Crippen LogP contribution in [0.4, 0.5) is 4.79 Å². The molecule has 0 saturated carbocycles. The molecule has 0 fully saturated rings. The fraction of sp³-hybridized carbons (Fsp3) is 0.231. The highest BCUT2D eigenvalue weighted by molar-refractivity contribution is 5.79. The molecule has 0 bridgehead atoms. The van der Waals surface area contributed by atoms with Gasteiger partial charge in [0.25, 0.3) is 0 Å². The van der Waals surface area contributed by atoms with Crippen molar-refractivity contribution in [2.45, 2.75) is 12.5 Å². The third-order valence-electron chi connectivity index (χ3n) is 5.90. The highest BCUT2D eigenvalue weighted by atomic mass is 16.6. The first kappa shape index (κ1) is 20.9. The zero-order chi connectivity index (χ0) is 22.8. The summed E-state index contributed by atoms with van der Waals surface area (Å²) in [4.78, 5) is 25.5. The number of amides is 1. The van der Waals surface area contributed by atoms with E-state index in [2.05, 4.69) is 12.1 Å². The van der Waals surface area contributed by atoms with Crippen LogP contribution < -0.4 is 9.47 Å². The second-order valence-electron chi connectivity index (χ2n) is 8.03. The van der Waals surface area contributed by atoms with Crippen molar-refractivity contribution >= 4 is 12.1 Å². The van der Waals surface area contributed by atoms with Gasteiger partial charge >= 0.3 is 12.1 Å². The van der Waals surface area contributed by atoms with Gasteiger partial charge in [-0.05, 0) is 39.9 Å². The van der Waals surface area contributed by atoms with Gasteiger partial charge in [-0.1, -0.05) is 54.6 Å². The van der Waals surface area contributed by atoms with E-state index in [1.54, 1.807) is 18.2 Å². The maximum Gasteiger partial charge on any atom is 0.410 e. The molecular formula is C26H23NO6. The molecule has 7 heteroatoms. The Morgan fingerprint density at radius 3 is 2.21 bits per heavy atom. The minimum absolute atomic E-state index is 0.0830. The molecule has 33 heavy (non-hydrogen) atoms. The second-order valence-corrected chi connectivity index (χ2v) is 8.03. The van der Waals surface area contributed by atoms with Crippen LogP contribution in [0.2, 0.25) is 0 Å². The van der Waals surface area contributed by atoms with Crippen LogP contribution in [0.1, 0.15) is 22.6 Å². The van der Waals surface area contributed by atoms with Gasteiger partial charge < -0.3 is 19.3 Å². The summed E-state index contributed by atoms with van der Waals surface area (Å²) in [6.07, 6.45) is -0.672.